The number of ether oxygens (including phenoxy) is 1. The Kier molecular flexibility index (Phi) is 6.58. The second-order valence-corrected chi connectivity index (χ2v) is 7.14. The average Bonchev–Trinajstić information content (AvgIpc) is 2.60. The Labute approximate surface area is 150 Å². The molecule has 4 nitrogen and oxygen atoms in total. The number of nitriles is 1. The lowest BCUT2D eigenvalue weighted by molar-refractivity contribution is 0.0285. The van der Waals surface area contributed by atoms with E-state index in [2.05, 4.69) is 43.9 Å². The van der Waals surface area contributed by atoms with Crippen molar-refractivity contribution in [3.05, 3.63) is 65.7 Å². The molecule has 0 spiro atoms. The summed E-state index contributed by atoms with van der Waals surface area (Å²) in [4.78, 5) is 2.25. The number of hydrogen-bond acceptors (Lipinski definition) is 4. The summed E-state index contributed by atoms with van der Waals surface area (Å²) in [5.41, 5.74) is 1.75. The molecule has 0 saturated carbocycles. The van der Waals surface area contributed by atoms with Crippen LogP contribution in [0.25, 0.3) is 0 Å². The summed E-state index contributed by atoms with van der Waals surface area (Å²) in [6.45, 7) is 7.94. The van der Waals surface area contributed by atoms with Crippen molar-refractivity contribution in [2.75, 3.05) is 13.2 Å². The van der Waals surface area contributed by atoms with E-state index in [9.17, 15) is 5.11 Å². The van der Waals surface area contributed by atoms with Crippen LogP contribution in [-0.4, -0.2) is 34.8 Å². The zero-order valence-corrected chi connectivity index (χ0v) is 15.1. The molecule has 0 aromatic heterocycles. The van der Waals surface area contributed by atoms with E-state index in [1.807, 2.05) is 18.2 Å². The van der Waals surface area contributed by atoms with Gasteiger partial charge in [0.1, 0.15) is 18.5 Å². The first-order valence-electron chi connectivity index (χ1n) is 8.48. The van der Waals surface area contributed by atoms with Crippen LogP contribution in [0.3, 0.4) is 0 Å². The molecule has 0 unspecified atom stereocenters. The Bertz CT molecular complexity index is 685. The summed E-state index contributed by atoms with van der Waals surface area (Å²) in [6, 6.07) is 19.2. The largest absolute Gasteiger partial charge is 0.491 e. The Balaban J connectivity index is 1.92. The number of nitrogens with zero attached hydrogens (tertiary/aromatic N) is 2. The standard InChI is InChI=1S/C21H26N2O2/c1-21(2,3)23(14-18-7-5-4-6-8-18)15-19(24)16-25-20-11-9-17(13-22)10-12-20/h4-12,19,24H,14-16H2,1-3H3/t19-/m1/s1. The molecule has 0 saturated heterocycles. The van der Waals surface area contributed by atoms with Crippen molar-refractivity contribution in [1.29, 1.82) is 5.26 Å². The van der Waals surface area contributed by atoms with Crippen LogP contribution in [0.4, 0.5) is 0 Å². The maximum atomic E-state index is 10.4. The minimum atomic E-state index is -0.599. The first-order chi connectivity index (χ1) is 11.9. The smallest absolute Gasteiger partial charge is 0.119 e. The van der Waals surface area contributed by atoms with Gasteiger partial charge in [0.25, 0.3) is 0 Å². The number of benzene rings is 2. The summed E-state index contributed by atoms with van der Waals surface area (Å²) < 4.78 is 5.64. The van der Waals surface area contributed by atoms with Crippen LogP contribution in [0.1, 0.15) is 31.9 Å². The second kappa shape index (κ2) is 8.66. The van der Waals surface area contributed by atoms with Crippen LogP contribution >= 0.6 is 0 Å². The topological polar surface area (TPSA) is 56.5 Å². The molecule has 0 amide bonds. The van der Waals surface area contributed by atoms with Crippen LogP contribution in [0.2, 0.25) is 0 Å². The average molecular weight is 338 g/mol. The minimum absolute atomic E-state index is 0.0642. The molecular formula is C21H26N2O2. The molecule has 0 heterocycles. The molecule has 1 N–H and O–H groups in total. The summed E-state index contributed by atoms with van der Waals surface area (Å²) in [7, 11) is 0. The molecule has 0 fully saturated rings. The molecule has 2 rings (SSSR count). The third kappa shape index (κ3) is 6.22. The van der Waals surface area contributed by atoms with Crippen LogP contribution in [0, 0.1) is 11.3 Å². The quantitative estimate of drug-likeness (QED) is 0.838. The number of rotatable bonds is 7. The molecule has 0 aliphatic heterocycles. The lowest BCUT2D eigenvalue weighted by Crippen LogP contribution is -2.46. The zero-order valence-electron chi connectivity index (χ0n) is 15.1. The molecule has 0 bridgehead atoms. The zero-order chi connectivity index (χ0) is 18.3. The highest BCUT2D eigenvalue weighted by molar-refractivity contribution is 5.34. The van der Waals surface area contributed by atoms with E-state index >= 15 is 0 Å². The Morgan fingerprint density at radius 1 is 1.08 bits per heavy atom. The van der Waals surface area contributed by atoms with E-state index in [0.717, 1.165) is 6.54 Å². The van der Waals surface area contributed by atoms with Crippen molar-refractivity contribution in [2.45, 2.75) is 39.0 Å². The fourth-order valence-corrected chi connectivity index (χ4v) is 2.50. The SMILES string of the molecule is CC(C)(C)N(Cc1ccccc1)C[C@@H](O)COc1ccc(C#N)cc1. The fourth-order valence-electron chi connectivity index (χ4n) is 2.50. The molecule has 4 heteroatoms. The summed E-state index contributed by atoms with van der Waals surface area (Å²) >= 11 is 0. The molecule has 25 heavy (non-hydrogen) atoms. The molecule has 2 aromatic carbocycles. The van der Waals surface area contributed by atoms with Crippen molar-refractivity contribution < 1.29 is 9.84 Å². The maximum absolute atomic E-state index is 10.4. The van der Waals surface area contributed by atoms with Crippen LogP contribution in [-0.2, 0) is 6.54 Å². The van der Waals surface area contributed by atoms with Gasteiger partial charge in [-0.25, -0.2) is 0 Å². The van der Waals surface area contributed by atoms with Crippen molar-refractivity contribution >= 4 is 0 Å². The number of β-amino-alcohol motifs (C(OH)–C–C–N with tert-alkyl or cyclic N) is 1. The Morgan fingerprint density at radius 3 is 2.28 bits per heavy atom. The van der Waals surface area contributed by atoms with Gasteiger partial charge < -0.3 is 9.84 Å². The van der Waals surface area contributed by atoms with Gasteiger partial charge in [0, 0.05) is 18.6 Å². The molecular weight excluding hydrogens is 312 g/mol. The van der Waals surface area contributed by atoms with Crippen molar-refractivity contribution in [2.24, 2.45) is 0 Å². The summed E-state index contributed by atoms with van der Waals surface area (Å²) in [6.07, 6.45) is -0.599. The lowest BCUT2D eigenvalue weighted by atomic mass is 10.0. The predicted octanol–water partition coefficient (Wildman–Crippen LogP) is 3.60. The summed E-state index contributed by atoms with van der Waals surface area (Å²) in [5, 5.41) is 19.2. The molecule has 1 atom stereocenters. The van der Waals surface area contributed by atoms with Gasteiger partial charge >= 0.3 is 0 Å². The van der Waals surface area contributed by atoms with Crippen LogP contribution < -0.4 is 4.74 Å². The van der Waals surface area contributed by atoms with Crippen molar-refractivity contribution in [1.82, 2.24) is 4.90 Å². The lowest BCUT2D eigenvalue weighted by Gasteiger charge is -2.37. The van der Waals surface area contributed by atoms with Crippen molar-refractivity contribution in [3.8, 4) is 11.8 Å². The summed E-state index contributed by atoms with van der Waals surface area (Å²) in [5.74, 6) is 0.656. The number of aliphatic hydroxyl groups excluding tert-OH is 1. The van der Waals surface area contributed by atoms with Crippen molar-refractivity contribution in [3.63, 3.8) is 0 Å². The molecule has 132 valence electrons. The molecule has 0 radical (unpaired) electrons. The highest BCUT2D eigenvalue weighted by Crippen LogP contribution is 2.18. The van der Waals surface area contributed by atoms with Crippen LogP contribution in [0.5, 0.6) is 5.75 Å². The number of aliphatic hydroxyl groups is 1. The number of hydrogen-bond donors (Lipinski definition) is 1. The fraction of sp³-hybridized carbons (Fsp3) is 0.381. The second-order valence-electron chi connectivity index (χ2n) is 7.14. The van der Waals surface area contributed by atoms with Gasteiger partial charge in [0.15, 0.2) is 0 Å². The normalized spacial score (nSPS) is 12.6. The molecule has 2 aromatic rings. The van der Waals surface area contributed by atoms with E-state index in [1.165, 1.54) is 5.56 Å². The van der Waals surface area contributed by atoms with Gasteiger partial charge in [-0.15, -0.1) is 0 Å². The monoisotopic (exact) mass is 338 g/mol. The first kappa shape index (κ1) is 19.0. The van der Waals surface area contributed by atoms with E-state index in [0.29, 0.717) is 17.9 Å². The van der Waals surface area contributed by atoms with Gasteiger partial charge in [-0.05, 0) is 50.6 Å². The minimum Gasteiger partial charge on any atom is -0.491 e. The Morgan fingerprint density at radius 2 is 1.72 bits per heavy atom. The maximum Gasteiger partial charge on any atom is 0.119 e. The molecule has 0 aliphatic rings. The first-order valence-corrected chi connectivity index (χ1v) is 8.48. The van der Waals surface area contributed by atoms with Gasteiger partial charge in [-0.3, -0.25) is 4.90 Å². The van der Waals surface area contributed by atoms with Gasteiger partial charge in [-0.2, -0.15) is 5.26 Å². The Hall–Kier alpha value is -2.35. The van der Waals surface area contributed by atoms with E-state index < -0.39 is 6.10 Å². The van der Waals surface area contributed by atoms with Gasteiger partial charge in [0.2, 0.25) is 0 Å². The van der Waals surface area contributed by atoms with E-state index in [4.69, 9.17) is 10.00 Å². The van der Waals surface area contributed by atoms with Gasteiger partial charge in [-0.1, -0.05) is 30.3 Å². The third-order valence-electron chi connectivity index (χ3n) is 4.02. The highest BCUT2D eigenvalue weighted by atomic mass is 16.5. The van der Waals surface area contributed by atoms with E-state index in [1.54, 1.807) is 24.3 Å². The predicted molar refractivity (Wildman–Crippen MR) is 99.3 cm³/mol. The third-order valence-corrected chi connectivity index (χ3v) is 4.02. The van der Waals surface area contributed by atoms with Gasteiger partial charge in [0.05, 0.1) is 11.6 Å². The highest BCUT2D eigenvalue weighted by Gasteiger charge is 2.24. The van der Waals surface area contributed by atoms with Crippen LogP contribution in [0.15, 0.2) is 54.6 Å². The van der Waals surface area contributed by atoms with E-state index in [-0.39, 0.29) is 12.1 Å². The molecule has 0 aliphatic carbocycles.